The maximum absolute atomic E-state index is 11.0. The van der Waals surface area contributed by atoms with Crippen LogP contribution in [0.25, 0.3) is 0 Å². The van der Waals surface area contributed by atoms with Crippen molar-refractivity contribution >= 4 is 11.2 Å². The molecule has 0 fully saturated rings. The van der Waals surface area contributed by atoms with Crippen molar-refractivity contribution in [2.75, 3.05) is 5.75 Å². The Morgan fingerprint density at radius 1 is 1.70 bits per heavy atom. The molecule has 10 heavy (non-hydrogen) atoms. The molecule has 0 aliphatic carbocycles. The summed E-state index contributed by atoms with van der Waals surface area (Å²) in [6.07, 6.45) is 2.00. The molecule has 0 spiro atoms. The second-order valence-corrected chi connectivity index (χ2v) is 4.09. The molecule has 0 rings (SSSR count). The molecule has 0 radical (unpaired) electrons. The van der Waals surface area contributed by atoms with Gasteiger partial charge in [-0.1, -0.05) is 13.3 Å². The summed E-state index contributed by atoms with van der Waals surface area (Å²) in [5, 5.41) is 8.06. The van der Waals surface area contributed by atoms with Crippen molar-refractivity contribution < 1.29 is 4.55 Å². The van der Waals surface area contributed by atoms with Crippen LogP contribution in [0.4, 0.5) is 0 Å². The quantitative estimate of drug-likeness (QED) is 0.583. The molecule has 3 heteroatoms. The summed E-state index contributed by atoms with van der Waals surface area (Å²) in [5.41, 5.74) is 0. The van der Waals surface area contributed by atoms with Crippen molar-refractivity contribution in [3.63, 3.8) is 0 Å². The Kier molecular flexibility index (Phi) is 5.46. The minimum absolute atomic E-state index is 0.299. The zero-order valence-corrected chi connectivity index (χ0v) is 7.28. The number of nitriles is 1. The van der Waals surface area contributed by atoms with Gasteiger partial charge in [-0.05, 0) is 24.5 Å². The Morgan fingerprint density at radius 3 is 2.70 bits per heavy atom. The summed E-state index contributed by atoms with van der Waals surface area (Å²) in [6, 6.07) is 1.97. The van der Waals surface area contributed by atoms with Gasteiger partial charge in [0.05, 0.1) is 0 Å². The molecule has 0 aromatic rings. The zero-order valence-electron chi connectivity index (χ0n) is 6.46. The lowest BCUT2D eigenvalue weighted by atomic mass is 10.4. The van der Waals surface area contributed by atoms with Gasteiger partial charge >= 0.3 is 0 Å². The monoisotopic (exact) mass is 159 g/mol. The first-order valence-electron chi connectivity index (χ1n) is 3.49. The molecule has 0 amide bonds. The molecule has 0 heterocycles. The summed E-state index contributed by atoms with van der Waals surface area (Å²) in [6.45, 7) is 3.75. The van der Waals surface area contributed by atoms with Crippen molar-refractivity contribution in [1.29, 1.82) is 5.26 Å². The average molecular weight is 159 g/mol. The third-order valence-electron chi connectivity index (χ3n) is 1.28. The largest absolute Gasteiger partial charge is 0.615 e. The Labute approximate surface area is 65.4 Å². The van der Waals surface area contributed by atoms with Gasteiger partial charge in [-0.3, -0.25) is 0 Å². The van der Waals surface area contributed by atoms with Gasteiger partial charge in [0.25, 0.3) is 0 Å². The molecule has 0 N–H and O–H groups in total. The summed E-state index contributed by atoms with van der Waals surface area (Å²) in [4.78, 5) is 0. The van der Waals surface area contributed by atoms with Crippen LogP contribution in [0.15, 0.2) is 0 Å². The molecular formula is C7H13NOS. The number of hydrogen-bond acceptors (Lipinski definition) is 2. The predicted octanol–water partition coefficient (Wildman–Crippen LogP) is 1.45. The molecule has 2 nitrogen and oxygen atoms in total. The lowest BCUT2D eigenvalue weighted by Crippen LogP contribution is -2.18. The number of unbranched alkanes of at least 4 members (excludes halogenated alkanes) is 1. The topological polar surface area (TPSA) is 46.8 Å². The van der Waals surface area contributed by atoms with Gasteiger partial charge in [-0.15, -0.1) is 0 Å². The van der Waals surface area contributed by atoms with E-state index in [1.54, 1.807) is 6.92 Å². The Balaban J connectivity index is 3.43. The molecule has 0 bridgehead atoms. The van der Waals surface area contributed by atoms with E-state index in [9.17, 15) is 4.55 Å². The molecule has 0 aromatic carbocycles. The Morgan fingerprint density at radius 2 is 2.30 bits per heavy atom. The first kappa shape index (κ1) is 9.80. The lowest BCUT2D eigenvalue weighted by molar-refractivity contribution is 0.587. The minimum Gasteiger partial charge on any atom is -0.615 e. The summed E-state index contributed by atoms with van der Waals surface area (Å²) in [7, 11) is 0. The van der Waals surface area contributed by atoms with E-state index in [0.717, 1.165) is 12.8 Å². The van der Waals surface area contributed by atoms with E-state index in [1.165, 1.54) is 0 Å². The highest BCUT2D eigenvalue weighted by Crippen LogP contribution is 2.03. The van der Waals surface area contributed by atoms with Gasteiger partial charge in [0.1, 0.15) is 11.8 Å². The van der Waals surface area contributed by atoms with E-state index >= 15 is 0 Å². The smallest absolute Gasteiger partial charge is 0.197 e. The standard InChI is InChI=1S/C7H13NOS/c1-3-4-5-10(9)7(2)6-8/h7H,3-5H2,1-2H3. The second-order valence-electron chi connectivity index (χ2n) is 2.21. The molecule has 0 aliphatic heterocycles. The third kappa shape index (κ3) is 3.76. The van der Waals surface area contributed by atoms with Crippen LogP contribution in [-0.4, -0.2) is 15.6 Å². The van der Waals surface area contributed by atoms with Crippen LogP contribution in [-0.2, 0) is 11.2 Å². The van der Waals surface area contributed by atoms with Crippen molar-refractivity contribution in [2.45, 2.75) is 31.9 Å². The minimum atomic E-state index is -0.926. The van der Waals surface area contributed by atoms with E-state index in [4.69, 9.17) is 5.26 Å². The van der Waals surface area contributed by atoms with Gasteiger partial charge in [0.15, 0.2) is 5.25 Å². The summed E-state index contributed by atoms with van der Waals surface area (Å²) < 4.78 is 11.0. The highest BCUT2D eigenvalue weighted by molar-refractivity contribution is 7.92. The fourth-order valence-electron chi connectivity index (χ4n) is 0.522. The normalized spacial score (nSPS) is 15.8. The number of rotatable bonds is 4. The second kappa shape index (κ2) is 5.57. The van der Waals surface area contributed by atoms with E-state index in [1.807, 2.05) is 13.0 Å². The van der Waals surface area contributed by atoms with Crippen LogP contribution >= 0.6 is 0 Å². The van der Waals surface area contributed by atoms with Gasteiger partial charge in [0, 0.05) is 0 Å². The fraction of sp³-hybridized carbons (Fsp3) is 0.857. The third-order valence-corrected chi connectivity index (χ3v) is 2.86. The van der Waals surface area contributed by atoms with Crippen LogP contribution < -0.4 is 0 Å². The molecule has 2 atom stereocenters. The summed E-state index contributed by atoms with van der Waals surface area (Å²) >= 11 is -0.926. The van der Waals surface area contributed by atoms with Crippen LogP contribution in [0.3, 0.4) is 0 Å². The van der Waals surface area contributed by atoms with Gasteiger partial charge in [0.2, 0.25) is 0 Å². The summed E-state index contributed by atoms with van der Waals surface area (Å²) in [5.74, 6) is 0.672. The van der Waals surface area contributed by atoms with E-state index < -0.39 is 11.2 Å². The Bertz CT molecular complexity index is 121. The van der Waals surface area contributed by atoms with Crippen molar-refractivity contribution in [2.24, 2.45) is 0 Å². The van der Waals surface area contributed by atoms with Crippen molar-refractivity contribution in [1.82, 2.24) is 0 Å². The van der Waals surface area contributed by atoms with Crippen molar-refractivity contribution in [3.8, 4) is 6.07 Å². The lowest BCUT2D eigenvalue weighted by Gasteiger charge is -2.11. The van der Waals surface area contributed by atoms with Gasteiger partial charge in [-0.25, -0.2) is 0 Å². The highest BCUT2D eigenvalue weighted by Gasteiger charge is 2.13. The van der Waals surface area contributed by atoms with Crippen molar-refractivity contribution in [3.05, 3.63) is 0 Å². The van der Waals surface area contributed by atoms with Crippen LogP contribution in [0.2, 0.25) is 0 Å². The van der Waals surface area contributed by atoms with E-state index in [0.29, 0.717) is 5.75 Å². The number of nitrogens with zero attached hydrogens (tertiary/aromatic N) is 1. The van der Waals surface area contributed by atoms with Crippen LogP contribution in [0, 0.1) is 11.3 Å². The SMILES string of the molecule is CCCC[S+]([O-])C(C)C#N. The van der Waals surface area contributed by atoms with Crippen LogP contribution in [0.5, 0.6) is 0 Å². The fourth-order valence-corrected chi connectivity index (χ4v) is 1.57. The molecule has 0 aromatic heterocycles. The average Bonchev–Trinajstić information content (AvgIpc) is 1.98. The Hall–Kier alpha value is -0.200. The molecule has 0 aliphatic rings. The molecular weight excluding hydrogens is 146 g/mol. The predicted molar refractivity (Wildman–Crippen MR) is 43.0 cm³/mol. The number of hydrogen-bond donors (Lipinski definition) is 0. The maximum Gasteiger partial charge on any atom is 0.197 e. The zero-order chi connectivity index (χ0) is 7.98. The van der Waals surface area contributed by atoms with E-state index in [2.05, 4.69) is 0 Å². The molecule has 0 saturated carbocycles. The maximum atomic E-state index is 11.0. The molecule has 58 valence electrons. The van der Waals surface area contributed by atoms with Gasteiger partial charge in [-0.2, -0.15) is 5.26 Å². The van der Waals surface area contributed by atoms with Gasteiger partial charge < -0.3 is 4.55 Å². The first-order valence-corrected chi connectivity index (χ1v) is 4.87. The molecule has 2 unspecified atom stereocenters. The van der Waals surface area contributed by atoms with Crippen LogP contribution in [0.1, 0.15) is 26.7 Å². The molecule has 0 saturated heterocycles. The highest BCUT2D eigenvalue weighted by atomic mass is 32.2. The first-order chi connectivity index (χ1) is 4.72. The van der Waals surface area contributed by atoms with E-state index in [-0.39, 0.29) is 5.25 Å².